The average Bonchev–Trinajstić information content (AvgIpc) is 3.18. The van der Waals surface area contributed by atoms with Crippen LogP contribution in [0.15, 0.2) is 4.52 Å². The molecule has 1 aromatic rings. The molecule has 2 bridgehead atoms. The van der Waals surface area contributed by atoms with Crippen LogP contribution in [0.3, 0.4) is 0 Å². The summed E-state index contributed by atoms with van der Waals surface area (Å²) in [4.78, 5) is 7.32. The van der Waals surface area contributed by atoms with Gasteiger partial charge in [0.1, 0.15) is 5.60 Å². The summed E-state index contributed by atoms with van der Waals surface area (Å²) in [6.07, 6.45) is 8.00. The van der Waals surface area contributed by atoms with Crippen molar-refractivity contribution in [2.45, 2.75) is 56.0 Å². The second-order valence-electron chi connectivity index (χ2n) is 6.74. The summed E-state index contributed by atoms with van der Waals surface area (Å²) in [7, 11) is 1.78. The molecule has 5 nitrogen and oxygen atoms in total. The molecule has 20 heavy (non-hydrogen) atoms. The summed E-state index contributed by atoms with van der Waals surface area (Å²) >= 11 is 0. The van der Waals surface area contributed by atoms with Crippen molar-refractivity contribution in [3.63, 3.8) is 0 Å². The van der Waals surface area contributed by atoms with Gasteiger partial charge in [-0.1, -0.05) is 5.16 Å². The molecule has 3 fully saturated rings. The molecule has 3 heterocycles. The molecule has 2 atom stereocenters. The molecule has 0 amide bonds. The third kappa shape index (κ3) is 1.76. The molecular weight excluding hydrogens is 254 g/mol. The molecule has 2 aliphatic heterocycles. The van der Waals surface area contributed by atoms with Crippen LogP contribution in [0.4, 0.5) is 0 Å². The van der Waals surface area contributed by atoms with Gasteiger partial charge >= 0.3 is 0 Å². The van der Waals surface area contributed by atoms with Crippen LogP contribution in [-0.4, -0.2) is 41.8 Å². The molecule has 1 aliphatic carbocycles. The molecule has 4 rings (SSSR count). The van der Waals surface area contributed by atoms with E-state index in [1.165, 1.54) is 38.8 Å². The maximum atomic E-state index is 5.77. The summed E-state index contributed by atoms with van der Waals surface area (Å²) in [6.45, 7) is 3.49. The zero-order valence-electron chi connectivity index (χ0n) is 12.2. The minimum atomic E-state index is -0.286. The van der Waals surface area contributed by atoms with Gasteiger partial charge in [-0.15, -0.1) is 0 Å². The van der Waals surface area contributed by atoms with E-state index in [1.807, 2.05) is 0 Å². The van der Waals surface area contributed by atoms with Crippen LogP contribution in [-0.2, 0) is 15.8 Å². The number of nitrogens with zero attached hydrogens (tertiary/aromatic N) is 3. The van der Waals surface area contributed by atoms with Crippen molar-refractivity contribution in [2.24, 2.45) is 0 Å². The van der Waals surface area contributed by atoms with Crippen molar-refractivity contribution < 1.29 is 9.26 Å². The number of methoxy groups -OCH3 is 1. The smallest absolute Gasteiger partial charge is 0.234 e. The Morgan fingerprint density at radius 3 is 2.75 bits per heavy atom. The molecule has 3 aliphatic rings. The number of rotatable bonds is 3. The summed E-state index contributed by atoms with van der Waals surface area (Å²) < 4.78 is 11.5. The van der Waals surface area contributed by atoms with Gasteiger partial charge in [-0.2, -0.15) is 4.98 Å². The van der Waals surface area contributed by atoms with E-state index in [2.05, 4.69) is 10.1 Å². The van der Waals surface area contributed by atoms with Crippen molar-refractivity contribution in [1.29, 1.82) is 0 Å². The molecular formula is C15H23N3O2. The average molecular weight is 277 g/mol. The molecule has 5 heteroatoms. The van der Waals surface area contributed by atoms with Crippen LogP contribution in [0.2, 0.25) is 0 Å². The maximum absolute atomic E-state index is 5.77. The van der Waals surface area contributed by atoms with E-state index in [9.17, 15) is 0 Å². The van der Waals surface area contributed by atoms with Gasteiger partial charge in [0, 0.05) is 13.7 Å². The second kappa shape index (κ2) is 4.53. The van der Waals surface area contributed by atoms with Crippen LogP contribution in [0, 0.1) is 0 Å². The Balaban J connectivity index is 1.65. The lowest BCUT2D eigenvalue weighted by molar-refractivity contribution is -0.0178. The Hall–Kier alpha value is -0.940. The normalized spacial score (nSPS) is 35.5. The molecule has 1 aromatic heterocycles. The largest absolute Gasteiger partial charge is 0.370 e. The van der Waals surface area contributed by atoms with Crippen LogP contribution in [0.25, 0.3) is 0 Å². The number of piperidine rings is 1. The minimum Gasteiger partial charge on any atom is -0.370 e. The van der Waals surface area contributed by atoms with Crippen molar-refractivity contribution in [3.05, 3.63) is 11.7 Å². The van der Waals surface area contributed by atoms with E-state index < -0.39 is 0 Å². The first-order chi connectivity index (χ1) is 9.76. The Bertz CT molecular complexity index is 491. The number of hydrogen-bond acceptors (Lipinski definition) is 5. The first-order valence-corrected chi connectivity index (χ1v) is 7.89. The van der Waals surface area contributed by atoms with E-state index in [0.29, 0.717) is 0 Å². The molecule has 110 valence electrons. The van der Waals surface area contributed by atoms with E-state index in [4.69, 9.17) is 14.2 Å². The molecule has 0 N–H and O–H groups in total. The lowest BCUT2D eigenvalue weighted by atomic mass is 9.81. The summed E-state index contributed by atoms with van der Waals surface area (Å²) in [5.41, 5.74) is -0.164. The quantitative estimate of drug-likeness (QED) is 0.848. The van der Waals surface area contributed by atoms with Gasteiger partial charge in [-0.05, 0) is 58.0 Å². The number of hydrogen-bond donors (Lipinski definition) is 0. The highest BCUT2D eigenvalue weighted by Crippen LogP contribution is 2.44. The topological polar surface area (TPSA) is 51.4 Å². The van der Waals surface area contributed by atoms with Crippen LogP contribution >= 0.6 is 0 Å². The summed E-state index contributed by atoms with van der Waals surface area (Å²) in [5.74, 6) is 1.64. The fourth-order valence-electron chi connectivity index (χ4n) is 4.36. The van der Waals surface area contributed by atoms with Gasteiger partial charge in [0.2, 0.25) is 11.7 Å². The fraction of sp³-hybridized carbons (Fsp3) is 0.867. The molecule has 2 unspecified atom stereocenters. The van der Waals surface area contributed by atoms with Crippen molar-refractivity contribution in [2.75, 3.05) is 26.7 Å². The third-order valence-corrected chi connectivity index (χ3v) is 5.65. The highest BCUT2D eigenvalue weighted by atomic mass is 16.5. The molecule has 0 spiro atoms. The van der Waals surface area contributed by atoms with Crippen molar-refractivity contribution >= 4 is 0 Å². The number of fused-ring (bicyclic) bond motifs is 2. The maximum Gasteiger partial charge on any atom is 0.234 e. The van der Waals surface area contributed by atoms with Gasteiger partial charge in [0.15, 0.2) is 0 Å². The van der Waals surface area contributed by atoms with Gasteiger partial charge in [0.25, 0.3) is 0 Å². The van der Waals surface area contributed by atoms with E-state index in [0.717, 1.165) is 37.5 Å². The Morgan fingerprint density at radius 1 is 1.10 bits per heavy atom. The zero-order valence-corrected chi connectivity index (χ0v) is 12.2. The van der Waals surface area contributed by atoms with Crippen molar-refractivity contribution in [1.82, 2.24) is 15.0 Å². The fourth-order valence-corrected chi connectivity index (χ4v) is 4.36. The van der Waals surface area contributed by atoms with Gasteiger partial charge in [-0.3, -0.25) is 0 Å². The monoisotopic (exact) mass is 277 g/mol. The Labute approximate surface area is 119 Å². The molecule has 0 aromatic carbocycles. The van der Waals surface area contributed by atoms with Gasteiger partial charge in [-0.25, -0.2) is 0 Å². The zero-order chi connectivity index (χ0) is 13.6. The van der Waals surface area contributed by atoms with Crippen LogP contribution in [0.1, 0.15) is 56.7 Å². The molecule has 1 saturated carbocycles. The Morgan fingerprint density at radius 2 is 1.95 bits per heavy atom. The standard InChI is InChI=1S/C15H23N3O2/c1-19-15(6-2-3-7-15)12-16-13(20-17-12)14-5-4-9-18(11-14)10-8-14/h2-11H2,1H3. The molecule has 0 radical (unpaired) electrons. The third-order valence-electron chi connectivity index (χ3n) is 5.65. The minimum absolute atomic E-state index is 0.122. The second-order valence-corrected chi connectivity index (χ2v) is 6.74. The highest BCUT2D eigenvalue weighted by Gasteiger charge is 2.48. The van der Waals surface area contributed by atoms with E-state index >= 15 is 0 Å². The first kappa shape index (κ1) is 12.8. The van der Waals surface area contributed by atoms with Gasteiger partial charge < -0.3 is 14.2 Å². The Kier molecular flexibility index (Phi) is 2.89. The first-order valence-electron chi connectivity index (χ1n) is 7.89. The summed E-state index contributed by atoms with van der Waals surface area (Å²) in [5, 5.41) is 4.30. The highest BCUT2D eigenvalue weighted by molar-refractivity contribution is 5.15. The predicted octanol–water partition coefficient (Wildman–Crippen LogP) is 2.22. The van der Waals surface area contributed by atoms with Crippen molar-refractivity contribution in [3.8, 4) is 0 Å². The number of aromatic nitrogens is 2. The van der Waals surface area contributed by atoms with E-state index in [1.54, 1.807) is 7.11 Å². The predicted molar refractivity (Wildman–Crippen MR) is 73.4 cm³/mol. The number of ether oxygens (including phenoxy) is 1. The lowest BCUT2D eigenvalue weighted by Crippen LogP contribution is -2.37. The summed E-state index contributed by atoms with van der Waals surface area (Å²) in [6, 6.07) is 0. The SMILES string of the molecule is COC1(c2noc(C34CCCN(CC3)C4)n2)CCCC1. The molecule has 2 saturated heterocycles. The van der Waals surface area contributed by atoms with Crippen LogP contribution in [0.5, 0.6) is 0 Å². The lowest BCUT2D eigenvalue weighted by Gasteiger charge is -2.30. The van der Waals surface area contributed by atoms with Gasteiger partial charge in [0.05, 0.1) is 5.41 Å². The van der Waals surface area contributed by atoms with Crippen LogP contribution < -0.4 is 0 Å². The van der Waals surface area contributed by atoms with E-state index in [-0.39, 0.29) is 11.0 Å².